The summed E-state index contributed by atoms with van der Waals surface area (Å²) in [5, 5.41) is 6.25. The molecule has 0 atom stereocenters. The number of hydrogen-bond acceptors (Lipinski definition) is 7. The number of imidazole rings is 1. The van der Waals surface area contributed by atoms with Gasteiger partial charge in [0.15, 0.2) is 5.65 Å². The summed E-state index contributed by atoms with van der Waals surface area (Å²) in [7, 11) is 1.35. The first-order valence-electron chi connectivity index (χ1n) is 9.89. The molecule has 1 saturated carbocycles. The molecule has 1 aliphatic carbocycles. The predicted octanol–water partition coefficient (Wildman–Crippen LogP) is 1.82. The minimum absolute atomic E-state index is 0.0370. The molecule has 158 valence electrons. The lowest BCUT2D eigenvalue weighted by atomic mass is 9.91. The van der Waals surface area contributed by atoms with Crippen LogP contribution in [0.4, 0.5) is 5.82 Å². The normalized spacial score (nSPS) is 19.1. The second-order valence-corrected chi connectivity index (χ2v) is 8.27. The fraction of sp³-hybridized carbons (Fsp3) is 0.550. The lowest BCUT2D eigenvalue weighted by molar-refractivity contribution is -0.138. The van der Waals surface area contributed by atoms with Gasteiger partial charge >= 0.3 is 5.97 Å². The van der Waals surface area contributed by atoms with Gasteiger partial charge in [0.05, 0.1) is 18.4 Å². The van der Waals surface area contributed by atoms with E-state index in [1.165, 1.54) is 7.11 Å². The average molecular weight is 420 g/mol. The number of aromatic nitrogens is 2. The SMILES string of the molecule is COC(=O)CNc1c(CCSC)nc2c(C(=O)NC3CCC(N)CC3)cccn12. The van der Waals surface area contributed by atoms with Gasteiger partial charge in [0.2, 0.25) is 0 Å². The monoisotopic (exact) mass is 419 g/mol. The predicted molar refractivity (Wildman–Crippen MR) is 115 cm³/mol. The van der Waals surface area contributed by atoms with E-state index in [2.05, 4.69) is 10.6 Å². The maximum absolute atomic E-state index is 13.0. The van der Waals surface area contributed by atoms with Crippen LogP contribution in [0.5, 0.6) is 0 Å². The van der Waals surface area contributed by atoms with Crippen LogP contribution in [0.15, 0.2) is 18.3 Å². The van der Waals surface area contributed by atoms with Crippen LogP contribution in [-0.4, -0.2) is 59.0 Å². The van der Waals surface area contributed by atoms with Crippen molar-refractivity contribution in [2.24, 2.45) is 5.73 Å². The van der Waals surface area contributed by atoms with Gasteiger partial charge in [-0.05, 0) is 49.8 Å². The van der Waals surface area contributed by atoms with E-state index in [0.717, 1.165) is 49.4 Å². The molecule has 1 fully saturated rings. The quantitative estimate of drug-likeness (QED) is 0.560. The molecule has 29 heavy (non-hydrogen) atoms. The lowest BCUT2D eigenvalue weighted by Crippen LogP contribution is -2.40. The zero-order valence-corrected chi connectivity index (χ0v) is 17.8. The fourth-order valence-electron chi connectivity index (χ4n) is 3.61. The van der Waals surface area contributed by atoms with Gasteiger partial charge in [-0.25, -0.2) is 4.98 Å². The van der Waals surface area contributed by atoms with Crippen LogP contribution in [0.3, 0.4) is 0 Å². The maximum Gasteiger partial charge on any atom is 0.325 e. The number of nitrogens with one attached hydrogen (secondary N) is 2. The Hall–Kier alpha value is -2.26. The fourth-order valence-corrected chi connectivity index (χ4v) is 4.00. The van der Waals surface area contributed by atoms with E-state index < -0.39 is 0 Å². The average Bonchev–Trinajstić information content (AvgIpc) is 3.09. The molecule has 0 bridgehead atoms. The summed E-state index contributed by atoms with van der Waals surface area (Å²) in [6.45, 7) is 0.0370. The number of hydrogen-bond donors (Lipinski definition) is 3. The number of esters is 1. The van der Waals surface area contributed by atoms with E-state index in [-0.39, 0.29) is 30.5 Å². The van der Waals surface area contributed by atoms with Crippen LogP contribution in [0, 0.1) is 0 Å². The highest BCUT2D eigenvalue weighted by Crippen LogP contribution is 2.23. The number of anilines is 1. The van der Waals surface area contributed by atoms with E-state index in [0.29, 0.717) is 11.2 Å². The van der Waals surface area contributed by atoms with Gasteiger partial charge in [-0.15, -0.1) is 0 Å². The third-order valence-corrected chi connectivity index (χ3v) is 5.86. The Morgan fingerprint density at radius 1 is 1.34 bits per heavy atom. The number of pyridine rings is 1. The van der Waals surface area contributed by atoms with Gasteiger partial charge in [-0.3, -0.25) is 14.0 Å². The molecule has 3 rings (SSSR count). The largest absolute Gasteiger partial charge is 0.468 e. The van der Waals surface area contributed by atoms with Crippen molar-refractivity contribution in [3.8, 4) is 0 Å². The summed E-state index contributed by atoms with van der Waals surface area (Å²) in [5.41, 5.74) is 7.90. The number of carbonyl (C=O) groups is 2. The highest BCUT2D eigenvalue weighted by atomic mass is 32.2. The van der Waals surface area contributed by atoms with Crippen molar-refractivity contribution in [1.82, 2.24) is 14.7 Å². The topological polar surface area (TPSA) is 111 Å². The van der Waals surface area contributed by atoms with E-state index in [4.69, 9.17) is 15.5 Å². The van der Waals surface area contributed by atoms with Crippen molar-refractivity contribution >= 4 is 35.1 Å². The van der Waals surface area contributed by atoms with E-state index >= 15 is 0 Å². The van der Waals surface area contributed by atoms with Crippen molar-refractivity contribution < 1.29 is 14.3 Å². The molecule has 1 aliphatic rings. The number of methoxy groups -OCH3 is 1. The van der Waals surface area contributed by atoms with Gasteiger partial charge < -0.3 is 21.1 Å². The summed E-state index contributed by atoms with van der Waals surface area (Å²) in [5.74, 6) is 1.12. The Balaban J connectivity index is 1.87. The summed E-state index contributed by atoms with van der Waals surface area (Å²) in [4.78, 5) is 29.3. The number of nitrogens with two attached hydrogens (primary N) is 1. The molecule has 0 aliphatic heterocycles. The first kappa shape index (κ1) is 21.4. The third-order valence-electron chi connectivity index (χ3n) is 5.24. The molecule has 0 unspecified atom stereocenters. The first-order valence-corrected chi connectivity index (χ1v) is 11.3. The Morgan fingerprint density at radius 2 is 2.10 bits per heavy atom. The van der Waals surface area contributed by atoms with Crippen molar-refractivity contribution in [3.63, 3.8) is 0 Å². The summed E-state index contributed by atoms with van der Waals surface area (Å²) in [6, 6.07) is 3.99. The Labute approximate surface area is 175 Å². The first-order chi connectivity index (χ1) is 14.0. The van der Waals surface area contributed by atoms with Crippen LogP contribution >= 0.6 is 11.8 Å². The van der Waals surface area contributed by atoms with Gasteiger partial charge in [0.1, 0.15) is 12.4 Å². The van der Waals surface area contributed by atoms with Gasteiger partial charge in [-0.1, -0.05) is 0 Å². The molecule has 8 nitrogen and oxygen atoms in total. The van der Waals surface area contributed by atoms with Crippen LogP contribution in [0.25, 0.3) is 5.65 Å². The number of carbonyl (C=O) groups excluding carboxylic acids is 2. The zero-order chi connectivity index (χ0) is 20.8. The molecule has 4 N–H and O–H groups in total. The Morgan fingerprint density at radius 3 is 2.79 bits per heavy atom. The summed E-state index contributed by atoms with van der Waals surface area (Å²) < 4.78 is 6.56. The van der Waals surface area contributed by atoms with E-state index in [9.17, 15) is 9.59 Å². The second-order valence-electron chi connectivity index (χ2n) is 7.28. The van der Waals surface area contributed by atoms with Crippen molar-refractivity contribution in [2.45, 2.75) is 44.2 Å². The number of thioether (sulfide) groups is 1. The van der Waals surface area contributed by atoms with Crippen molar-refractivity contribution in [1.29, 1.82) is 0 Å². The van der Waals surface area contributed by atoms with Crippen molar-refractivity contribution in [2.75, 3.05) is 31.0 Å². The molecule has 2 aromatic rings. The molecular weight excluding hydrogens is 390 g/mol. The molecule has 0 radical (unpaired) electrons. The second kappa shape index (κ2) is 9.98. The number of fused-ring (bicyclic) bond motifs is 1. The number of rotatable bonds is 8. The summed E-state index contributed by atoms with van der Waals surface area (Å²) in [6.07, 6.45) is 8.27. The molecule has 1 amide bonds. The molecule has 9 heteroatoms. The number of aryl methyl sites for hydroxylation is 1. The molecule has 0 saturated heterocycles. The molecule has 2 heterocycles. The zero-order valence-electron chi connectivity index (χ0n) is 16.9. The maximum atomic E-state index is 13.0. The van der Waals surface area contributed by atoms with Crippen LogP contribution in [0.1, 0.15) is 41.7 Å². The Kier molecular flexibility index (Phi) is 7.38. The van der Waals surface area contributed by atoms with Crippen molar-refractivity contribution in [3.05, 3.63) is 29.6 Å². The highest BCUT2D eigenvalue weighted by molar-refractivity contribution is 7.98. The number of amides is 1. The van der Waals surface area contributed by atoms with Gasteiger partial charge in [0.25, 0.3) is 5.91 Å². The van der Waals surface area contributed by atoms with Crippen LogP contribution in [-0.2, 0) is 16.0 Å². The van der Waals surface area contributed by atoms with Crippen LogP contribution < -0.4 is 16.4 Å². The Bertz CT molecular complexity index is 861. The molecule has 0 spiro atoms. The van der Waals surface area contributed by atoms with Gasteiger partial charge in [0, 0.05) is 24.7 Å². The molecule has 0 aromatic carbocycles. The van der Waals surface area contributed by atoms with Crippen LogP contribution in [0.2, 0.25) is 0 Å². The molecular formula is C20H29N5O3S. The number of ether oxygens (including phenoxy) is 1. The van der Waals surface area contributed by atoms with E-state index in [1.54, 1.807) is 17.8 Å². The highest BCUT2D eigenvalue weighted by Gasteiger charge is 2.23. The third kappa shape index (κ3) is 5.22. The minimum atomic E-state index is -0.361. The van der Waals surface area contributed by atoms with E-state index in [1.807, 2.05) is 22.9 Å². The smallest absolute Gasteiger partial charge is 0.325 e. The van der Waals surface area contributed by atoms with Gasteiger partial charge in [-0.2, -0.15) is 11.8 Å². The standard InChI is InChI=1S/C20H29N5O3S/c1-28-17(26)12-22-19-16(9-11-29-2)24-18-15(4-3-10-25(18)19)20(27)23-14-7-5-13(21)6-8-14/h3-4,10,13-14,22H,5-9,11-12,21H2,1-2H3,(H,23,27). The lowest BCUT2D eigenvalue weighted by Gasteiger charge is -2.26. The minimum Gasteiger partial charge on any atom is -0.468 e. The molecule has 2 aromatic heterocycles. The number of nitrogens with zero attached hydrogens (tertiary/aromatic N) is 2. The summed E-state index contributed by atoms with van der Waals surface area (Å²) >= 11 is 1.72.